The second-order valence-corrected chi connectivity index (χ2v) is 6.39. The van der Waals surface area contributed by atoms with Crippen LogP contribution in [0, 0.1) is 0 Å². The maximum absolute atomic E-state index is 11.3. The highest BCUT2D eigenvalue weighted by atomic mass is 32.1. The molecule has 0 aliphatic heterocycles. The molecule has 0 radical (unpaired) electrons. The third-order valence-corrected chi connectivity index (χ3v) is 5.02. The monoisotopic (exact) mass is 297 g/mol. The van der Waals surface area contributed by atoms with Gasteiger partial charge in [-0.15, -0.1) is 0 Å². The van der Waals surface area contributed by atoms with Gasteiger partial charge in [-0.2, -0.15) is 4.37 Å². The third-order valence-electron chi connectivity index (χ3n) is 4.19. The summed E-state index contributed by atoms with van der Waals surface area (Å²) in [5.74, 6) is 0.151. The molecule has 1 aromatic rings. The molecule has 0 bridgehead atoms. The third kappa shape index (κ3) is 3.29. The fourth-order valence-electron chi connectivity index (χ4n) is 3.03. The highest BCUT2D eigenvalue weighted by molar-refractivity contribution is 7.09. The van der Waals surface area contributed by atoms with Gasteiger partial charge in [-0.3, -0.25) is 4.79 Å². The van der Waals surface area contributed by atoms with Gasteiger partial charge in [0.15, 0.2) is 0 Å². The zero-order valence-corrected chi connectivity index (χ0v) is 13.1. The summed E-state index contributed by atoms with van der Waals surface area (Å²) in [5.41, 5.74) is -0.285. The number of hydrogen-bond donors (Lipinski definition) is 1. The topological polar surface area (TPSA) is 66.3 Å². The Kier molecular flexibility index (Phi) is 4.96. The van der Waals surface area contributed by atoms with E-state index in [1.165, 1.54) is 18.0 Å². The SMILES string of the molecule is CCCc1nsc(N(C)C2(CC(=O)O)CCCCC2)n1. The molecule has 0 saturated heterocycles. The van der Waals surface area contributed by atoms with E-state index in [1.807, 2.05) is 7.05 Å². The van der Waals surface area contributed by atoms with E-state index in [0.29, 0.717) is 0 Å². The van der Waals surface area contributed by atoms with Crippen LogP contribution < -0.4 is 4.90 Å². The average Bonchev–Trinajstić information content (AvgIpc) is 2.87. The van der Waals surface area contributed by atoms with Gasteiger partial charge in [0.1, 0.15) is 5.82 Å². The molecule has 1 aliphatic carbocycles. The summed E-state index contributed by atoms with van der Waals surface area (Å²) in [5, 5.41) is 10.1. The van der Waals surface area contributed by atoms with Crippen molar-refractivity contribution in [2.24, 2.45) is 0 Å². The summed E-state index contributed by atoms with van der Waals surface area (Å²) in [6.45, 7) is 2.11. The second kappa shape index (κ2) is 6.52. The molecule has 1 N–H and O–H groups in total. The normalized spacial score (nSPS) is 17.9. The summed E-state index contributed by atoms with van der Waals surface area (Å²) in [7, 11) is 1.98. The number of carbonyl (C=O) groups is 1. The maximum atomic E-state index is 11.3. The standard InChI is InChI=1S/C14H23N3O2S/c1-3-7-11-15-13(20-16-11)17(2)14(10-12(18)19)8-5-4-6-9-14/h3-10H2,1-2H3,(H,18,19). The lowest BCUT2D eigenvalue weighted by molar-refractivity contribution is -0.138. The van der Waals surface area contributed by atoms with Gasteiger partial charge < -0.3 is 10.0 Å². The van der Waals surface area contributed by atoms with Crippen molar-refractivity contribution in [2.45, 2.75) is 63.8 Å². The molecule has 6 heteroatoms. The van der Waals surface area contributed by atoms with E-state index < -0.39 is 5.97 Å². The Bertz CT molecular complexity index is 455. The van der Waals surface area contributed by atoms with Crippen molar-refractivity contribution in [3.05, 3.63) is 5.82 Å². The van der Waals surface area contributed by atoms with E-state index in [9.17, 15) is 9.90 Å². The molecule has 0 unspecified atom stereocenters. The minimum absolute atomic E-state index is 0.187. The van der Waals surface area contributed by atoms with Gasteiger partial charge in [0, 0.05) is 25.0 Å². The van der Waals surface area contributed by atoms with Gasteiger partial charge in [-0.1, -0.05) is 26.2 Å². The first-order valence-corrected chi connectivity index (χ1v) is 8.13. The molecule has 1 saturated carbocycles. The molecule has 20 heavy (non-hydrogen) atoms. The van der Waals surface area contributed by atoms with Crippen LogP contribution in [0.5, 0.6) is 0 Å². The Balaban J connectivity index is 2.20. The molecule has 1 aromatic heterocycles. The van der Waals surface area contributed by atoms with Gasteiger partial charge in [-0.05, 0) is 19.3 Å². The molecule has 0 amide bonds. The first-order valence-electron chi connectivity index (χ1n) is 7.35. The lowest BCUT2D eigenvalue weighted by Gasteiger charge is -2.43. The molecule has 1 fully saturated rings. The fraction of sp³-hybridized carbons (Fsp3) is 0.786. The van der Waals surface area contributed by atoms with E-state index >= 15 is 0 Å². The summed E-state index contributed by atoms with van der Waals surface area (Å²) in [6.07, 6.45) is 7.35. The van der Waals surface area contributed by atoms with Crippen molar-refractivity contribution in [3.63, 3.8) is 0 Å². The van der Waals surface area contributed by atoms with E-state index in [4.69, 9.17) is 0 Å². The number of aliphatic carboxylic acids is 1. The lowest BCUT2D eigenvalue weighted by Crippen LogP contribution is -2.49. The molecule has 1 aliphatic rings. The van der Waals surface area contributed by atoms with Gasteiger partial charge in [-0.25, -0.2) is 4.98 Å². The smallest absolute Gasteiger partial charge is 0.305 e. The number of anilines is 1. The van der Waals surface area contributed by atoms with Crippen LogP contribution in [0.3, 0.4) is 0 Å². The van der Waals surface area contributed by atoms with Crippen LogP contribution in [0.2, 0.25) is 0 Å². The molecule has 5 nitrogen and oxygen atoms in total. The van der Waals surface area contributed by atoms with Crippen molar-refractivity contribution in [1.82, 2.24) is 9.36 Å². The predicted molar refractivity (Wildman–Crippen MR) is 80.4 cm³/mol. The van der Waals surface area contributed by atoms with Gasteiger partial charge in [0.05, 0.1) is 12.0 Å². The Morgan fingerprint density at radius 3 is 2.70 bits per heavy atom. The molecular weight excluding hydrogens is 274 g/mol. The number of carboxylic acid groups (broad SMARTS) is 1. The van der Waals surface area contributed by atoms with E-state index in [2.05, 4.69) is 21.2 Å². The Hall–Kier alpha value is -1.17. The van der Waals surface area contributed by atoms with Crippen LogP contribution in [0.4, 0.5) is 5.13 Å². The Morgan fingerprint density at radius 1 is 1.40 bits per heavy atom. The lowest BCUT2D eigenvalue weighted by atomic mass is 9.78. The van der Waals surface area contributed by atoms with Crippen LogP contribution in [0.15, 0.2) is 0 Å². The van der Waals surface area contributed by atoms with E-state index in [0.717, 1.165) is 49.5 Å². The van der Waals surface area contributed by atoms with Crippen molar-refractivity contribution >= 4 is 22.6 Å². The molecule has 112 valence electrons. The molecule has 0 aromatic carbocycles. The van der Waals surface area contributed by atoms with Gasteiger partial charge in [0.25, 0.3) is 0 Å². The molecule has 2 rings (SSSR count). The van der Waals surface area contributed by atoms with Crippen LogP contribution >= 0.6 is 11.5 Å². The number of aromatic nitrogens is 2. The molecule has 1 heterocycles. The van der Waals surface area contributed by atoms with Crippen molar-refractivity contribution in [3.8, 4) is 0 Å². The number of carboxylic acids is 1. The molecule has 0 spiro atoms. The quantitative estimate of drug-likeness (QED) is 0.874. The zero-order chi connectivity index (χ0) is 14.6. The highest BCUT2D eigenvalue weighted by Gasteiger charge is 2.39. The van der Waals surface area contributed by atoms with Crippen molar-refractivity contribution in [2.75, 3.05) is 11.9 Å². The fourth-order valence-corrected chi connectivity index (χ4v) is 3.81. The second-order valence-electron chi connectivity index (χ2n) is 5.66. The minimum atomic E-state index is -0.725. The number of nitrogens with zero attached hydrogens (tertiary/aromatic N) is 3. The van der Waals surface area contributed by atoms with Crippen molar-refractivity contribution < 1.29 is 9.90 Å². The molecular formula is C14H23N3O2S. The first kappa shape index (κ1) is 15.2. The zero-order valence-electron chi connectivity index (χ0n) is 12.3. The van der Waals surface area contributed by atoms with E-state index in [1.54, 1.807) is 0 Å². The maximum Gasteiger partial charge on any atom is 0.305 e. The van der Waals surface area contributed by atoms with Crippen LogP contribution in [0.1, 0.15) is 57.7 Å². The minimum Gasteiger partial charge on any atom is -0.481 e. The molecule has 0 atom stereocenters. The predicted octanol–water partition coefficient (Wildman–Crippen LogP) is 3.10. The summed E-state index contributed by atoms with van der Waals surface area (Å²) >= 11 is 1.39. The summed E-state index contributed by atoms with van der Waals surface area (Å²) in [6, 6.07) is 0. The van der Waals surface area contributed by atoms with Crippen LogP contribution in [-0.4, -0.2) is 33.0 Å². The van der Waals surface area contributed by atoms with Crippen LogP contribution in [0.25, 0.3) is 0 Å². The number of rotatable bonds is 6. The van der Waals surface area contributed by atoms with Gasteiger partial charge >= 0.3 is 5.97 Å². The Labute approximate surface area is 124 Å². The summed E-state index contributed by atoms with van der Waals surface area (Å²) in [4.78, 5) is 17.9. The van der Waals surface area contributed by atoms with Gasteiger partial charge in [0.2, 0.25) is 5.13 Å². The highest BCUT2D eigenvalue weighted by Crippen LogP contribution is 2.38. The van der Waals surface area contributed by atoms with E-state index in [-0.39, 0.29) is 12.0 Å². The van der Waals surface area contributed by atoms with Crippen LogP contribution in [-0.2, 0) is 11.2 Å². The Morgan fingerprint density at radius 2 is 2.10 bits per heavy atom. The largest absolute Gasteiger partial charge is 0.481 e. The number of aryl methyl sites for hydroxylation is 1. The summed E-state index contributed by atoms with van der Waals surface area (Å²) < 4.78 is 4.37. The number of hydrogen-bond acceptors (Lipinski definition) is 5. The van der Waals surface area contributed by atoms with Crippen molar-refractivity contribution in [1.29, 1.82) is 0 Å². The first-order chi connectivity index (χ1) is 9.57. The average molecular weight is 297 g/mol.